The topological polar surface area (TPSA) is 38.3 Å². The summed E-state index contributed by atoms with van der Waals surface area (Å²) in [6.45, 7) is 2.33. The maximum Gasteiger partial charge on any atom is 0.309 e. The molecule has 1 fully saturated rings. The molecule has 2 aliphatic heterocycles. The normalized spacial score (nSPS) is 29.9. The molecule has 0 radical (unpaired) electrons. The maximum absolute atomic E-state index is 11.3. The predicted octanol–water partition coefficient (Wildman–Crippen LogP) is 1.39. The first kappa shape index (κ1) is 9.71. The Labute approximate surface area is 84.5 Å². The molecule has 1 N–H and O–H groups in total. The molecule has 2 heterocycles. The monoisotopic (exact) mass is 195 g/mol. The molecular weight excluding hydrogens is 178 g/mol. The van der Waals surface area contributed by atoms with Gasteiger partial charge in [0.2, 0.25) is 0 Å². The second kappa shape index (κ2) is 4.13. The average molecular weight is 195 g/mol. The number of hydrogen-bond acceptors (Lipinski definition) is 3. The minimum atomic E-state index is -0.0833. The molecule has 78 valence electrons. The average Bonchev–Trinajstić information content (AvgIpc) is 2.46. The van der Waals surface area contributed by atoms with E-state index in [0.29, 0.717) is 25.1 Å². The summed E-state index contributed by atoms with van der Waals surface area (Å²) in [6.07, 6.45) is 6.18. The molecule has 0 aromatic rings. The summed E-state index contributed by atoms with van der Waals surface area (Å²) in [5, 5.41) is 3.50. The molecule has 3 heteroatoms. The van der Waals surface area contributed by atoms with Gasteiger partial charge in [-0.05, 0) is 26.2 Å². The van der Waals surface area contributed by atoms with E-state index in [2.05, 4.69) is 11.4 Å². The van der Waals surface area contributed by atoms with Crippen molar-refractivity contribution < 1.29 is 9.53 Å². The summed E-state index contributed by atoms with van der Waals surface area (Å²) in [7, 11) is 0. The molecule has 2 unspecified atom stereocenters. The molecule has 2 aliphatic rings. The second-order valence-electron chi connectivity index (χ2n) is 4.06. The number of fused-ring (bicyclic) bond motifs is 2. The van der Waals surface area contributed by atoms with Crippen LogP contribution in [0.3, 0.4) is 0 Å². The Balaban J connectivity index is 1.89. The first-order valence-corrected chi connectivity index (χ1v) is 5.39. The number of nitrogens with one attached hydrogen (secondary N) is 1. The quantitative estimate of drug-likeness (QED) is 0.546. The van der Waals surface area contributed by atoms with Gasteiger partial charge in [-0.25, -0.2) is 0 Å². The van der Waals surface area contributed by atoms with Crippen LogP contribution in [0.4, 0.5) is 0 Å². The predicted molar refractivity (Wildman–Crippen MR) is 53.9 cm³/mol. The lowest BCUT2D eigenvalue weighted by Gasteiger charge is -2.20. The standard InChI is InChI=1S/C11H17NO2/c1-2-14-11(13)7-8-5-9-3-4-10(6-8)12-9/h5,9-10,12H,2-4,6-7H2,1H3. The van der Waals surface area contributed by atoms with Crippen LogP contribution in [0.15, 0.2) is 11.6 Å². The molecule has 0 spiro atoms. The van der Waals surface area contributed by atoms with Gasteiger partial charge in [0, 0.05) is 12.1 Å². The van der Waals surface area contributed by atoms with Gasteiger partial charge >= 0.3 is 5.97 Å². The highest BCUT2D eigenvalue weighted by molar-refractivity contribution is 5.72. The van der Waals surface area contributed by atoms with E-state index in [-0.39, 0.29) is 5.97 Å². The first-order valence-electron chi connectivity index (χ1n) is 5.39. The zero-order valence-corrected chi connectivity index (χ0v) is 8.58. The van der Waals surface area contributed by atoms with Crippen LogP contribution in [0.5, 0.6) is 0 Å². The van der Waals surface area contributed by atoms with E-state index in [1.165, 1.54) is 18.4 Å². The third-order valence-electron chi connectivity index (χ3n) is 2.90. The smallest absolute Gasteiger partial charge is 0.309 e. The van der Waals surface area contributed by atoms with Crippen LogP contribution >= 0.6 is 0 Å². The summed E-state index contributed by atoms with van der Waals surface area (Å²) in [6, 6.07) is 1.12. The fourth-order valence-corrected chi connectivity index (χ4v) is 2.34. The molecule has 1 saturated heterocycles. The van der Waals surface area contributed by atoms with Crippen molar-refractivity contribution in [3.05, 3.63) is 11.6 Å². The van der Waals surface area contributed by atoms with Gasteiger partial charge in [0.1, 0.15) is 0 Å². The molecule has 3 nitrogen and oxygen atoms in total. The van der Waals surface area contributed by atoms with Gasteiger partial charge in [-0.2, -0.15) is 0 Å². The summed E-state index contributed by atoms with van der Waals surface area (Å²) >= 11 is 0. The van der Waals surface area contributed by atoms with Crippen LogP contribution < -0.4 is 5.32 Å². The van der Waals surface area contributed by atoms with Crippen molar-refractivity contribution in [1.82, 2.24) is 5.32 Å². The van der Waals surface area contributed by atoms with E-state index < -0.39 is 0 Å². The van der Waals surface area contributed by atoms with Crippen molar-refractivity contribution in [3.8, 4) is 0 Å². The minimum absolute atomic E-state index is 0.0833. The van der Waals surface area contributed by atoms with E-state index in [1.807, 2.05) is 6.92 Å². The number of rotatable bonds is 3. The fraction of sp³-hybridized carbons (Fsp3) is 0.727. The van der Waals surface area contributed by atoms with E-state index >= 15 is 0 Å². The molecule has 2 bridgehead atoms. The minimum Gasteiger partial charge on any atom is -0.466 e. The Morgan fingerprint density at radius 1 is 1.64 bits per heavy atom. The van der Waals surface area contributed by atoms with Gasteiger partial charge in [0.15, 0.2) is 0 Å². The third kappa shape index (κ3) is 2.15. The van der Waals surface area contributed by atoms with Gasteiger partial charge in [-0.1, -0.05) is 11.6 Å². The molecule has 0 aromatic carbocycles. The molecule has 0 saturated carbocycles. The molecule has 0 amide bonds. The molecule has 14 heavy (non-hydrogen) atoms. The summed E-state index contributed by atoms with van der Waals surface area (Å²) in [5.41, 5.74) is 1.26. The largest absolute Gasteiger partial charge is 0.466 e. The first-order chi connectivity index (χ1) is 6.78. The SMILES string of the molecule is CCOC(=O)CC1=CC2CCC(C1)N2. The second-order valence-corrected chi connectivity index (χ2v) is 4.06. The zero-order chi connectivity index (χ0) is 9.97. The molecule has 2 atom stereocenters. The summed E-state index contributed by atoms with van der Waals surface area (Å²) < 4.78 is 4.94. The highest BCUT2D eigenvalue weighted by Crippen LogP contribution is 2.27. The third-order valence-corrected chi connectivity index (χ3v) is 2.90. The lowest BCUT2D eigenvalue weighted by molar-refractivity contribution is -0.142. The van der Waals surface area contributed by atoms with Crippen molar-refractivity contribution in [1.29, 1.82) is 0 Å². The van der Waals surface area contributed by atoms with Crippen molar-refractivity contribution in [2.45, 2.75) is 44.7 Å². The van der Waals surface area contributed by atoms with Crippen molar-refractivity contribution in [2.24, 2.45) is 0 Å². The van der Waals surface area contributed by atoms with E-state index in [4.69, 9.17) is 4.74 Å². The number of carbonyl (C=O) groups is 1. The highest BCUT2D eigenvalue weighted by atomic mass is 16.5. The highest BCUT2D eigenvalue weighted by Gasteiger charge is 2.28. The lowest BCUT2D eigenvalue weighted by Crippen LogP contribution is -2.32. The number of ether oxygens (including phenoxy) is 1. The van der Waals surface area contributed by atoms with Crippen molar-refractivity contribution in [2.75, 3.05) is 6.61 Å². The van der Waals surface area contributed by atoms with Crippen LogP contribution in [0.25, 0.3) is 0 Å². The van der Waals surface area contributed by atoms with Crippen LogP contribution in [0.1, 0.15) is 32.6 Å². The summed E-state index contributed by atoms with van der Waals surface area (Å²) in [5.74, 6) is -0.0833. The van der Waals surface area contributed by atoms with Gasteiger partial charge < -0.3 is 10.1 Å². The Bertz CT molecular complexity index is 260. The van der Waals surface area contributed by atoms with Crippen molar-refractivity contribution >= 4 is 5.97 Å². The van der Waals surface area contributed by atoms with Crippen LogP contribution in [0, 0.1) is 0 Å². The van der Waals surface area contributed by atoms with E-state index in [9.17, 15) is 4.79 Å². The Hall–Kier alpha value is -0.830. The molecule has 0 aromatic heterocycles. The van der Waals surface area contributed by atoms with Gasteiger partial charge in [0.05, 0.1) is 13.0 Å². The van der Waals surface area contributed by atoms with Gasteiger partial charge in [-0.15, -0.1) is 0 Å². The fourth-order valence-electron chi connectivity index (χ4n) is 2.34. The Morgan fingerprint density at radius 3 is 3.21 bits per heavy atom. The molecular formula is C11H17NO2. The van der Waals surface area contributed by atoms with Crippen molar-refractivity contribution in [3.63, 3.8) is 0 Å². The van der Waals surface area contributed by atoms with Crippen LogP contribution in [-0.2, 0) is 9.53 Å². The maximum atomic E-state index is 11.3. The number of hydrogen-bond donors (Lipinski definition) is 1. The van der Waals surface area contributed by atoms with Gasteiger partial charge in [-0.3, -0.25) is 4.79 Å². The lowest BCUT2D eigenvalue weighted by atomic mass is 10.0. The molecule has 0 aliphatic carbocycles. The summed E-state index contributed by atoms with van der Waals surface area (Å²) in [4.78, 5) is 11.3. The van der Waals surface area contributed by atoms with E-state index in [1.54, 1.807) is 0 Å². The van der Waals surface area contributed by atoms with E-state index in [0.717, 1.165) is 6.42 Å². The van der Waals surface area contributed by atoms with Crippen LogP contribution in [-0.4, -0.2) is 24.7 Å². The molecule has 2 rings (SSSR count). The Morgan fingerprint density at radius 2 is 2.50 bits per heavy atom. The van der Waals surface area contributed by atoms with Crippen LogP contribution in [0.2, 0.25) is 0 Å². The Kier molecular flexibility index (Phi) is 2.87. The number of carbonyl (C=O) groups excluding carboxylic acids is 1. The number of esters is 1. The van der Waals surface area contributed by atoms with Gasteiger partial charge in [0.25, 0.3) is 0 Å². The zero-order valence-electron chi connectivity index (χ0n) is 8.58.